The van der Waals surface area contributed by atoms with Gasteiger partial charge >= 0.3 is 5.97 Å². The Morgan fingerprint density at radius 2 is 1.42 bits per heavy atom. The van der Waals surface area contributed by atoms with Crippen LogP contribution in [0.15, 0.2) is 24.3 Å². The lowest BCUT2D eigenvalue weighted by molar-refractivity contribution is -0.231. The molecule has 0 aliphatic heterocycles. The maximum absolute atomic E-state index is 11.8. The van der Waals surface area contributed by atoms with Crippen molar-refractivity contribution in [2.45, 2.75) is 36.6 Å². The lowest BCUT2D eigenvalue weighted by Crippen LogP contribution is -2.64. The first-order valence-corrected chi connectivity index (χ1v) is 7.03. The number of carbonyl (C=O) groups excluding carboxylic acids is 1. The Labute approximate surface area is 136 Å². The second kappa shape index (κ2) is 7.16. The number of carbonyl (C=O) groups is 1. The maximum Gasteiger partial charge on any atom is 0.331 e. The van der Waals surface area contributed by atoms with E-state index in [2.05, 4.69) is 0 Å². The molecule has 0 spiro atoms. The molecule has 7 N–H and O–H groups in total. The quantitative estimate of drug-likeness (QED) is 0.184. The van der Waals surface area contributed by atoms with E-state index in [1.165, 1.54) is 24.3 Å². The molecule has 0 bridgehead atoms. The standard InChI is InChI=1S/C15H18O9/c16-7-3-1-6(5-8(7)17)2-4-9(18)24-15-13(22)11(20)10(19)12(21)14(15)23/h1-5,10-17,19-23H/t10?,11-,12+,13-,14-,15?/m1/s1. The van der Waals surface area contributed by atoms with E-state index in [-0.39, 0.29) is 11.5 Å². The van der Waals surface area contributed by atoms with Crippen LogP contribution in [0, 0.1) is 0 Å². The highest BCUT2D eigenvalue weighted by Gasteiger charge is 2.50. The summed E-state index contributed by atoms with van der Waals surface area (Å²) in [6, 6.07) is 3.81. The molecule has 0 heterocycles. The van der Waals surface area contributed by atoms with Gasteiger partial charge in [0, 0.05) is 6.08 Å². The highest BCUT2D eigenvalue weighted by molar-refractivity contribution is 5.87. The smallest absolute Gasteiger partial charge is 0.331 e. The summed E-state index contributed by atoms with van der Waals surface area (Å²) in [5, 5.41) is 66.5. The lowest BCUT2D eigenvalue weighted by Gasteiger charge is -2.40. The molecule has 2 rings (SSSR count). The number of aromatic hydroxyl groups is 2. The third-order valence-electron chi connectivity index (χ3n) is 3.74. The van der Waals surface area contributed by atoms with Gasteiger partial charge in [0.2, 0.25) is 0 Å². The number of aliphatic hydroxyl groups excluding tert-OH is 5. The topological polar surface area (TPSA) is 168 Å². The van der Waals surface area contributed by atoms with Gasteiger partial charge in [0.1, 0.15) is 30.5 Å². The monoisotopic (exact) mass is 342 g/mol. The number of rotatable bonds is 3. The molecule has 0 aromatic heterocycles. The van der Waals surface area contributed by atoms with Crippen LogP contribution in [-0.4, -0.2) is 78.3 Å². The van der Waals surface area contributed by atoms with Crippen molar-refractivity contribution in [1.29, 1.82) is 0 Å². The molecule has 1 aromatic carbocycles. The number of hydrogen-bond acceptors (Lipinski definition) is 9. The summed E-state index contributed by atoms with van der Waals surface area (Å²) in [6.45, 7) is 0. The lowest BCUT2D eigenvalue weighted by atomic mass is 9.85. The number of aliphatic hydroxyl groups is 5. The van der Waals surface area contributed by atoms with Crippen molar-refractivity contribution in [1.82, 2.24) is 0 Å². The van der Waals surface area contributed by atoms with Gasteiger partial charge in [-0.1, -0.05) is 6.07 Å². The van der Waals surface area contributed by atoms with Gasteiger partial charge in [0.15, 0.2) is 17.6 Å². The minimum atomic E-state index is -1.79. The summed E-state index contributed by atoms with van der Waals surface area (Å²) in [7, 11) is 0. The van der Waals surface area contributed by atoms with E-state index < -0.39 is 42.6 Å². The normalized spacial score (nSPS) is 33.5. The molecule has 2 unspecified atom stereocenters. The van der Waals surface area contributed by atoms with Crippen molar-refractivity contribution in [3.8, 4) is 11.5 Å². The fraction of sp³-hybridized carbons (Fsp3) is 0.400. The first-order valence-electron chi connectivity index (χ1n) is 7.03. The van der Waals surface area contributed by atoms with Crippen LogP contribution < -0.4 is 0 Å². The number of hydrogen-bond donors (Lipinski definition) is 7. The molecule has 1 fully saturated rings. The third kappa shape index (κ3) is 3.66. The SMILES string of the molecule is O=C(C=Cc1ccc(O)c(O)c1)OC1[C@H](O)[C@H](O)C(O)[C@H](O)[C@H]1O. The number of esters is 1. The summed E-state index contributed by atoms with van der Waals surface area (Å²) < 4.78 is 4.81. The molecule has 0 saturated heterocycles. The average molecular weight is 342 g/mol. The molecule has 6 atom stereocenters. The first-order chi connectivity index (χ1) is 11.2. The summed E-state index contributed by atoms with van der Waals surface area (Å²) in [6.07, 6.45) is -8.40. The van der Waals surface area contributed by atoms with Crippen molar-refractivity contribution < 1.29 is 45.3 Å². The van der Waals surface area contributed by atoms with Crippen LogP contribution in [0.2, 0.25) is 0 Å². The first kappa shape index (κ1) is 18.2. The predicted molar refractivity (Wildman–Crippen MR) is 78.7 cm³/mol. The van der Waals surface area contributed by atoms with Gasteiger partial charge in [-0.25, -0.2) is 4.79 Å². The molecule has 24 heavy (non-hydrogen) atoms. The summed E-state index contributed by atoms with van der Waals surface area (Å²) in [5.41, 5.74) is 0.363. The van der Waals surface area contributed by atoms with Gasteiger partial charge in [-0.3, -0.25) is 0 Å². The molecule has 1 saturated carbocycles. The number of phenolic OH excluding ortho intramolecular Hbond substituents is 2. The number of phenols is 2. The highest BCUT2D eigenvalue weighted by atomic mass is 16.6. The van der Waals surface area contributed by atoms with Gasteiger partial charge < -0.3 is 40.5 Å². The Kier molecular flexibility index (Phi) is 5.42. The van der Waals surface area contributed by atoms with Crippen LogP contribution in [-0.2, 0) is 9.53 Å². The molecule has 0 amide bonds. The van der Waals surface area contributed by atoms with E-state index in [4.69, 9.17) is 4.74 Å². The Morgan fingerprint density at radius 1 is 0.875 bits per heavy atom. The molecule has 1 aliphatic carbocycles. The molecular formula is C15H18O9. The molecular weight excluding hydrogens is 324 g/mol. The van der Waals surface area contributed by atoms with Crippen molar-refractivity contribution in [2.75, 3.05) is 0 Å². The summed E-state index contributed by atoms with van der Waals surface area (Å²) in [5.74, 6) is -1.71. The zero-order valence-corrected chi connectivity index (χ0v) is 12.3. The Balaban J connectivity index is 2.05. The van der Waals surface area contributed by atoms with Gasteiger partial charge in [0.25, 0.3) is 0 Å². The van der Waals surface area contributed by atoms with Crippen LogP contribution in [0.5, 0.6) is 11.5 Å². The molecule has 0 radical (unpaired) electrons. The van der Waals surface area contributed by atoms with Crippen molar-refractivity contribution in [2.24, 2.45) is 0 Å². The number of ether oxygens (including phenoxy) is 1. The second-order valence-corrected chi connectivity index (χ2v) is 5.44. The minimum Gasteiger partial charge on any atom is -0.504 e. The molecule has 1 aromatic rings. The van der Waals surface area contributed by atoms with Crippen molar-refractivity contribution in [3.05, 3.63) is 29.8 Å². The van der Waals surface area contributed by atoms with Gasteiger partial charge in [-0.15, -0.1) is 0 Å². The fourth-order valence-electron chi connectivity index (χ4n) is 2.32. The van der Waals surface area contributed by atoms with Gasteiger partial charge in [-0.05, 0) is 23.8 Å². The van der Waals surface area contributed by atoms with E-state index in [0.717, 1.165) is 6.08 Å². The zero-order chi connectivity index (χ0) is 18.0. The summed E-state index contributed by atoms with van der Waals surface area (Å²) in [4.78, 5) is 11.8. The van der Waals surface area contributed by atoms with E-state index in [9.17, 15) is 40.5 Å². The largest absolute Gasteiger partial charge is 0.504 e. The van der Waals surface area contributed by atoms with Crippen LogP contribution in [0.1, 0.15) is 5.56 Å². The second-order valence-electron chi connectivity index (χ2n) is 5.44. The average Bonchev–Trinajstić information content (AvgIpc) is 2.56. The van der Waals surface area contributed by atoms with Crippen LogP contribution in [0.25, 0.3) is 6.08 Å². The van der Waals surface area contributed by atoms with E-state index in [0.29, 0.717) is 5.56 Å². The summed E-state index contributed by atoms with van der Waals surface area (Å²) >= 11 is 0. The molecule has 132 valence electrons. The zero-order valence-electron chi connectivity index (χ0n) is 12.3. The van der Waals surface area contributed by atoms with Crippen LogP contribution in [0.3, 0.4) is 0 Å². The van der Waals surface area contributed by atoms with Crippen molar-refractivity contribution in [3.63, 3.8) is 0 Å². The molecule has 9 nitrogen and oxygen atoms in total. The minimum absolute atomic E-state index is 0.329. The highest BCUT2D eigenvalue weighted by Crippen LogP contribution is 2.26. The van der Waals surface area contributed by atoms with E-state index in [1.807, 2.05) is 0 Å². The van der Waals surface area contributed by atoms with Crippen LogP contribution >= 0.6 is 0 Å². The Morgan fingerprint density at radius 3 is 1.96 bits per heavy atom. The Hall–Kier alpha value is -2.17. The fourth-order valence-corrected chi connectivity index (χ4v) is 2.32. The molecule has 9 heteroatoms. The van der Waals surface area contributed by atoms with Crippen molar-refractivity contribution >= 4 is 12.0 Å². The molecule has 1 aliphatic rings. The van der Waals surface area contributed by atoms with Gasteiger partial charge in [0.05, 0.1) is 0 Å². The van der Waals surface area contributed by atoms with Crippen LogP contribution in [0.4, 0.5) is 0 Å². The third-order valence-corrected chi connectivity index (χ3v) is 3.74. The van der Waals surface area contributed by atoms with Gasteiger partial charge in [-0.2, -0.15) is 0 Å². The van der Waals surface area contributed by atoms with E-state index in [1.54, 1.807) is 0 Å². The number of benzene rings is 1. The predicted octanol–water partition coefficient (Wildman–Crippen LogP) is -2.16. The van der Waals surface area contributed by atoms with E-state index >= 15 is 0 Å². The Bertz CT molecular complexity index is 613. The maximum atomic E-state index is 11.8.